The highest BCUT2D eigenvalue weighted by Gasteiger charge is 2.21. The van der Waals surface area contributed by atoms with Gasteiger partial charge < -0.3 is 10.2 Å². The maximum absolute atomic E-state index is 4.47. The van der Waals surface area contributed by atoms with Gasteiger partial charge in [0.1, 0.15) is 18.0 Å². The average Bonchev–Trinajstić information content (AvgIpc) is 3.03. The van der Waals surface area contributed by atoms with Gasteiger partial charge in [0, 0.05) is 24.0 Å². The molecule has 0 aliphatic carbocycles. The summed E-state index contributed by atoms with van der Waals surface area (Å²) < 4.78 is 0. The van der Waals surface area contributed by atoms with Gasteiger partial charge in [0.05, 0.1) is 0 Å². The first kappa shape index (κ1) is 14.7. The van der Waals surface area contributed by atoms with Crippen LogP contribution in [0.3, 0.4) is 0 Å². The van der Waals surface area contributed by atoms with Crippen molar-refractivity contribution in [3.8, 4) is 0 Å². The average molecular weight is 316 g/mol. The second kappa shape index (κ2) is 5.96. The molecule has 1 aromatic heterocycles. The lowest BCUT2D eigenvalue weighted by Gasteiger charge is -2.18. The van der Waals surface area contributed by atoms with Crippen molar-refractivity contribution in [2.75, 3.05) is 16.8 Å². The minimum atomic E-state index is 0.813. The Kier molecular flexibility index (Phi) is 3.65. The van der Waals surface area contributed by atoms with E-state index in [4.69, 9.17) is 0 Å². The van der Waals surface area contributed by atoms with Crippen LogP contribution in [0.25, 0.3) is 0 Å². The number of anilines is 4. The van der Waals surface area contributed by atoms with Gasteiger partial charge in [-0.1, -0.05) is 24.3 Å². The van der Waals surface area contributed by atoms with Crippen molar-refractivity contribution in [1.29, 1.82) is 0 Å². The first-order valence-corrected chi connectivity index (χ1v) is 8.22. The summed E-state index contributed by atoms with van der Waals surface area (Å²) >= 11 is 0. The molecule has 1 aliphatic heterocycles. The second-order valence-electron chi connectivity index (χ2n) is 6.22. The van der Waals surface area contributed by atoms with Crippen LogP contribution in [0, 0.1) is 13.8 Å². The molecule has 0 radical (unpaired) electrons. The van der Waals surface area contributed by atoms with Gasteiger partial charge in [0.15, 0.2) is 0 Å². The summed E-state index contributed by atoms with van der Waals surface area (Å²) in [5.41, 5.74) is 6.22. The number of para-hydroxylation sites is 1. The molecular formula is C20H20N4. The van der Waals surface area contributed by atoms with Gasteiger partial charge in [-0.2, -0.15) is 0 Å². The summed E-state index contributed by atoms with van der Waals surface area (Å²) in [7, 11) is 0. The molecule has 4 rings (SSSR count). The Morgan fingerprint density at radius 3 is 2.71 bits per heavy atom. The number of hydrogen-bond donors (Lipinski definition) is 1. The van der Waals surface area contributed by atoms with E-state index >= 15 is 0 Å². The topological polar surface area (TPSA) is 41.0 Å². The number of nitrogens with zero attached hydrogens (tertiary/aromatic N) is 3. The number of fused-ring (bicyclic) bond motifs is 1. The van der Waals surface area contributed by atoms with Crippen LogP contribution in [0.4, 0.5) is 23.0 Å². The SMILES string of the molecule is Cc1ccc(Nc2cc(N3CCc4ccccc43)ncn2)cc1C. The Labute approximate surface area is 142 Å². The summed E-state index contributed by atoms with van der Waals surface area (Å²) in [5.74, 6) is 1.74. The van der Waals surface area contributed by atoms with Crippen LogP contribution < -0.4 is 10.2 Å². The van der Waals surface area contributed by atoms with Gasteiger partial charge >= 0.3 is 0 Å². The first-order valence-electron chi connectivity index (χ1n) is 8.22. The van der Waals surface area contributed by atoms with Crippen molar-refractivity contribution < 1.29 is 0 Å². The smallest absolute Gasteiger partial charge is 0.138 e. The van der Waals surface area contributed by atoms with E-state index in [1.807, 2.05) is 6.07 Å². The molecule has 0 unspecified atom stereocenters. The van der Waals surface area contributed by atoms with Gasteiger partial charge in [-0.3, -0.25) is 0 Å². The first-order chi connectivity index (χ1) is 11.7. The van der Waals surface area contributed by atoms with E-state index in [2.05, 4.69) is 76.5 Å². The molecule has 120 valence electrons. The van der Waals surface area contributed by atoms with Gasteiger partial charge in [-0.15, -0.1) is 0 Å². The van der Waals surface area contributed by atoms with Crippen molar-refractivity contribution in [3.05, 3.63) is 71.5 Å². The summed E-state index contributed by atoms with van der Waals surface area (Å²) in [6, 6.07) is 16.9. The lowest BCUT2D eigenvalue weighted by molar-refractivity contribution is 0.965. The van der Waals surface area contributed by atoms with E-state index in [9.17, 15) is 0 Å². The Morgan fingerprint density at radius 1 is 0.958 bits per heavy atom. The third kappa shape index (κ3) is 2.71. The molecule has 0 atom stereocenters. The molecule has 0 saturated carbocycles. The summed E-state index contributed by atoms with van der Waals surface area (Å²) in [6.07, 6.45) is 2.68. The Hall–Kier alpha value is -2.88. The predicted octanol–water partition coefficient (Wildman–Crippen LogP) is 4.53. The lowest BCUT2D eigenvalue weighted by atomic mass is 10.1. The number of nitrogens with one attached hydrogen (secondary N) is 1. The number of aromatic nitrogens is 2. The van der Waals surface area contributed by atoms with Crippen LogP contribution in [0.15, 0.2) is 54.9 Å². The lowest BCUT2D eigenvalue weighted by Crippen LogP contribution is -2.15. The fraction of sp³-hybridized carbons (Fsp3) is 0.200. The zero-order chi connectivity index (χ0) is 16.5. The maximum atomic E-state index is 4.47. The Morgan fingerprint density at radius 2 is 1.83 bits per heavy atom. The fourth-order valence-electron chi connectivity index (χ4n) is 3.11. The zero-order valence-electron chi connectivity index (χ0n) is 14.0. The highest BCUT2D eigenvalue weighted by molar-refractivity contribution is 5.70. The van der Waals surface area contributed by atoms with Crippen molar-refractivity contribution in [2.45, 2.75) is 20.3 Å². The van der Waals surface area contributed by atoms with Gasteiger partial charge in [-0.25, -0.2) is 9.97 Å². The number of aryl methyl sites for hydroxylation is 2. The highest BCUT2D eigenvalue weighted by atomic mass is 15.2. The van der Waals surface area contributed by atoms with Crippen LogP contribution in [-0.2, 0) is 6.42 Å². The largest absolute Gasteiger partial charge is 0.340 e. The quantitative estimate of drug-likeness (QED) is 0.770. The fourth-order valence-corrected chi connectivity index (χ4v) is 3.11. The molecule has 1 aliphatic rings. The molecule has 0 fully saturated rings. The molecule has 3 aromatic rings. The standard InChI is InChI=1S/C20H20N4/c1-14-7-8-17(11-15(14)2)23-19-12-20(22-13-21-19)24-10-9-16-5-3-4-6-18(16)24/h3-8,11-13H,9-10H2,1-2H3,(H,21,22,23). The molecule has 4 heteroatoms. The van der Waals surface area contributed by atoms with Crippen LogP contribution >= 0.6 is 0 Å². The summed E-state index contributed by atoms with van der Waals surface area (Å²) in [5, 5.41) is 3.38. The van der Waals surface area contributed by atoms with Gasteiger partial charge in [0.25, 0.3) is 0 Å². The van der Waals surface area contributed by atoms with E-state index in [-0.39, 0.29) is 0 Å². The normalized spacial score (nSPS) is 13.0. The number of hydrogen-bond acceptors (Lipinski definition) is 4. The van der Waals surface area contributed by atoms with E-state index < -0.39 is 0 Å². The molecule has 0 bridgehead atoms. The number of benzene rings is 2. The Balaban J connectivity index is 1.61. The van der Waals surface area contributed by atoms with E-state index in [0.717, 1.165) is 30.3 Å². The van der Waals surface area contributed by atoms with Crippen molar-refractivity contribution in [3.63, 3.8) is 0 Å². The minimum Gasteiger partial charge on any atom is -0.340 e. The highest BCUT2D eigenvalue weighted by Crippen LogP contribution is 2.33. The zero-order valence-corrected chi connectivity index (χ0v) is 14.0. The van der Waals surface area contributed by atoms with E-state index in [1.165, 1.54) is 22.4 Å². The summed E-state index contributed by atoms with van der Waals surface area (Å²) in [6.45, 7) is 5.19. The van der Waals surface area contributed by atoms with E-state index in [1.54, 1.807) is 6.33 Å². The maximum Gasteiger partial charge on any atom is 0.138 e. The van der Waals surface area contributed by atoms with Crippen molar-refractivity contribution in [2.24, 2.45) is 0 Å². The molecule has 2 heterocycles. The second-order valence-corrected chi connectivity index (χ2v) is 6.22. The molecule has 0 spiro atoms. The third-order valence-electron chi connectivity index (χ3n) is 4.60. The molecule has 0 amide bonds. The van der Waals surface area contributed by atoms with Gasteiger partial charge in [-0.05, 0) is 55.2 Å². The van der Waals surface area contributed by atoms with Gasteiger partial charge in [0.2, 0.25) is 0 Å². The predicted molar refractivity (Wildman–Crippen MR) is 98.4 cm³/mol. The minimum absolute atomic E-state index is 0.813. The van der Waals surface area contributed by atoms with Crippen LogP contribution in [0.5, 0.6) is 0 Å². The molecule has 0 saturated heterocycles. The molecule has 4 nitrogen and oxygen atoms in total. The molecule has 1 N–H and O–H groups in total. The van der Waals surface area contributed by atoms with Crippen molar-refractivity contribution >= 4 is 23.0 Å². The molecule has 24 heavy (non-hydrogen) atoms. The Bertz CT molecular complexity index is 888. The van der Waals surface area contributed by atoms with Crippen LogP contribution in [0.1, 0.15) is 16.7 Å². The molecule has 2 aromatic carbocycles. The monoisotopic (exact) mass is 316 g/mol. The number of rotatable bonds is 3. The van der Waals surface area contributed by atoms with Crippen LogP contribution in [0.2, 0.25) is 0 Å². The summed E-state index contributed by atoms with van der Waals surface area (Å²) in [4.78, 5) is 11.1. The van der Waals surface area contributed by atoms with Crippen LogP contribution in [-0.4, -0.2) is 16.5 Å². The van der Waals surface area contributed by atoms with E-state index in [0.29, 0.717) is 0 Å². The van der Waals surface area contributed by atoms with Crippen molar-refractivity contribution in [1.82, 2.24) is 9.97 Å². The third-order valence-corrected chi connectivity index (χ3v) is 4.60. The molecular weight excluding hydrogens is 296 g/mol.